The lowest BCUT2D eigenvalue weighted by atomic mass is 10.1. The van der Waals surface area contributed by atoms with Gasteiger partial charge in [0.2, 0.25) is 0 Å². The molecule has 0 atom stereocenters. The monoisotopic (exact) mass is 250 g/mol. The van der Waals surface area contributed by atoms with Gasteiger partial charge in [-0.15, -0.1) is 0 Å². The van der Waals surface area contributed by atoms with Crippen molar-refractivity contribution in [3.05, 3.63) is 45.5 Å². The Morgan fingerprint density at radius 2 is 2.12 bits per heavy atom. The molecule has 1 aromatic heterocycles. The largest absolute Gasteiger partial charge is 0.495 e. The zero-order valence-corrected chi connectivity index (χ0v) is 10.2. The Balaban J connectivity index is 2.53. The molecular formula is C12H11ClN2O2. The van der Waals surface area contributed by atoms with Crippen molar-refractivity contribution < 1.29 is 4.74 Å². The van der Waals surface area contributed by atoms with Crippen LogP contribution in [0.4, 0.5) is 0 Å². The molecule has 17 heavy (non-hydrogen) atoms. The minimum atomic E-state index is -0.369. The van der Waals surface area contributed by atoms with Crippen LogP contribution in [0.5, 0.6) is 5.75 Å². The Labute approximate surface area is 103 Å². The van der Waals surface area contributed by atoms with Crippen LogP contribution in [0.3, 0.4) is 0 Å². The first-order valence-electron chi connectivity index (χ1n) is 5.02. The van der Waals surface area contributed by atoms with Crippen molar-refractivity contribution in [2.45, 2.75) is 6.92 Å². The van der Waals surface area contributed by atoms with Gasteiger partial charge in [-0.1, -0.05) is 11.6 Å². The van der Waals surface area contributed by atoms with Gasteiger partial charge < -0.3 is 9.72 Å². The number of aromatic amines is 1. The van der Waals surface area contributed by atoms with E-state index in [9.17, 15) is 4.79 Å². The number of H-pyrrole nitrogens is 1. The molecule has 0 saturated carbocycles. The average Bonchev–Trinajstić information content (AvgIpc) is 2.27. The second-order valence-corrected chi connectivity index (χ2v) is 4.01. The summed E-state index contributed by atoms with van der Waals surface area (Å²) in [4.78, 5) is 17.8. The SMILES string of the molecule is COc1ccc(-c2cc(C)[nH]c(=O)n2)cc1Cl. The molecule has 0 saturated heterocycles. The van der Waals surface area contributed by atoms with Gasteiger partial charge in [0.1, 0.15) is 5.75 Å². The molecule has 0 radical (unpaired) electrons. The number of hydrogen-bond donors (Lipinski definition) is 1. The lowest BCUT2D eigenvalue weighted by molar-refractivity contribution is 0.415. The van der Waals surface area contributed by atoms with Crippen LogP contribution in [0.15, 0.2) is 29.1 Å². The maximum Gasteiger partial charge on any atom is 0.345 e. The number of aromatic nitrogens is 2. The average molecular weight is 251 g/mol. The third kappa shape index (κ3) is 2.47. The molecule has 0 fully saturated rings. The van der Waals surface area contributed by atoms with E-state index in [2.05, 4.69) is 9.97 Å². The lowest BCUT2D eigenvalue weighted by Crippen LogP contribution is -2.11. The predicted molar refractivity (Wildman–Crippen MR) is 66.6 cm³/mol. The maximum absolute atomic E-state index is 11.3. The number of aryl methyl sites for hydroxylation is 1. The van der Waals surface area contributed by atoms with E-state index in [1.807, 2.05) is 6.07 Å². The van der Waals surface area contributed by atoms with Crippen LogP contribution in [-0.4, -0.2) is 17.1 Å². The van der Waals surface area contributed by atoms with Crippen LogP contribution >= 0.6 is 11.6 Å². The van der Waals surface area contributed by atoms with Crippen LogP contribution in [0.1, 0.15) is 5.69 Å². The van der Waals surface area contributed by atoms with Gasteiger partial charge in [0, 0.05) is 11.3 Å². The van der Waals surface area contributed by atoms with Crippen molar-refractivity contribution in [3.63, 3.8) is 0 Å². The van der Waals surface area contributed by atoms with Gasteiger partial charge in [0.25, 0.3) is 0 Å². The van der Waals surface area contributed by atoms with Gasteiger partial charge in [0.05, 0.1) is 17.8 Å². The summed E-state index contributed by atoms with van der Waals surface area (Å²) in [5.41, 5.74) is 1.76. The van der Waals surface area contributed by atoms with Crippen LogP contribution in [0.2, 0.25) is 5.02 Å². The molecule has 1 aromatic carbocycles. The molecule has 1 heterocycles. The Hall–Kier alpha value is -1.81. The summed E-state index contributed by atoms with van der Waals surface area (Å²) >= 11 is 6.02. The lowest BCUT2D eigenvalue weighted by Gasteiger charge is -2.05. The quantitative estimate of drug-likeness (QED) is 0.891. The first-order chi connectivity index (χ1) is 8.10. The molecule has 0 bridgehead atoms. The number of nitrogens with zero attached hydrogens (tertiary/aromatic N) is 1. The minimum absolute atomic E-state index is 0.369. The van der Waals surface area contributed by atoms with Crippen molar-refractivity contribution in [2.24, 2.45) is 0 Å². The molecule has 0 aliphatic heterocycles. The van der Waals surface area contributed by atoms with E-state index in [0.717, 1.165) is 11.3 Å². The zero-order valence-electron chi connectivity index (χ0n) is 9.45. The Kier molecular flexibility index (Phi) is 3.15. The van der Waals surface area contributed by atoms with E-state index >= 15 is 0 Å². The fourth-order valence-corrected chi connectivity index (χ4v) is 1.81. The van der Waals surface area contributed by atoms with Crippen molar-refractivity contribution in [3.8, 4) is 17.0 Å². The van der Waals surface area contributed by atoms with Crippen LogP contribution in [0, 0.1) is 6.92 Å². The summed E-state index contributed by atoms with van der Waals surface area (Å²) < 4.78 is 5.06. The highest BCUT2D eigenvalue weighted by molar-refractivity contribution is 6.32. The zero-order chi connectivity index (χ0) is 12.4. The standard InChI is InChI=1S/C12H11ClN2O2/c1-7-5-10(15-12(16)14-7)8-3-4-11(17-2)9(13)6-8/h3-6H,1-2H3,(H,14,15,16). The third-order valence-electron chi connectivity index (χ3n) is 2.33. The minimum Gasteiger partial charge on any atom is -0.495 e. The first kappa shape index (κ1) is 11.7. The first-order valence-corrected chi connectivity index (χ1v) is 5.40. The van der Waals surface area contributed by atoms with E-state index in [1.165, 1.54) is 0 Å². The predicted octanol–water partition coefficient (Wildman–Crippen LogP) is 2.41. The van der Waals surface area contributed by atoms with Crippen molar-refractivity contribution >= 4 is 11.6 Å². The molecule has 2 aromatic rings. The molecule has 2 rings (SSSR count). The number of halogens is 1. The van der Waals surface area contributed by atoms with E-state index in [4.69, 9.17) is 16.3 Å². The second-order valence-electron chi connectivity index (χ2n) is 3.60. The highest BCUT2D eigenvalue weighted by Gasteiger charge is 2.06. The molecule has 0 spiro atoms. The second kappa shape index (κ2) is 4.59. The van der Waals surface area contributed by atoms with Gasteiger partial charge in [0.15, 0.2) is 0 Å². The smallest absolute Gasteiger partial charge is 0.345 e. The Morgan fingerprint density at radius 1 is 1.35 bits per heavy atom. The van der Waals surface area contributed by atoms with Crippen LogP contribution in [-0.2, 0) is 0 Å². The number of nitrogens with one attached hydrogen (secondary N) is 1. The molecular weight excluding hydrogens is 240 g/mol. The van der Waals surface area contributed by atoms with Gasteiger partial charge in [-0.2, -0.15) is 4.98 Å². The normalized spacial score (nSPS) is 10.3. The molecule has 5 heteroatoms. The van der Waals surface area contributed by atoms with Crippen molar-refractivity contribution in [1.82, 2.24) is 9.97 Å². The third-order valence-corrected chi connectivity index (χ3v) is 2.62. The summed E-state index contributed by atoms with van der Waals surface area (Å²) in [6.45, 7) is 1.80. The summed E-state index contributed by atoms with van der Waals surface area (Å²) in [6, 6.07) is 7.07. The number of benzene rings is 1. The number of ether oxygens (including phenoxy) is 1. The fourth-order valence-electron chi connectivity index (χ4n) is 1.55. The molecule has 4 nitrogen and oxygen atoms in total. The van der Waals surface area contributed by atoms with E-state index in [0.29, 0.717) is 16.5 Å². The van der Waals surface area contributed by atoms with E-state index < -0.39 is 0 Å². The summed E-state index contributed by atoms with van der Waals surface area (Å²) in [7, 11) is 1.55. The summed E-state index contributed by atoms with van der Waals surface area (Å²) in [5.74, 6) is 0.594. The number of rotatable bonds is 2. The highest BCUT2D eigenvalue weighted by Crippen LogP contribution is 2.28. The molecule has 0 amide bonds. The summed E-state index contributed by atoms with van der Waals surface area (Å²) in [5, 5.41) is 0.490. The molecule has 0 aliphatic carbocycles. The number of methoxy groups -OCH3 is 1. The van der Waals surface area contributed by atoms with Gasteiger partial charge in [-0.25, -0.2) is 4.79 Å². The molecule has 0 unspecified atom stereocenters. The van der Waals surface area contributed by atoms with Crippen molar-refractivity contribution in [2.75, 3.05) is 7.11 Å². The van der Waals surface area contributed by atoms with Gasteiger partial charge >= 0.3 is 5.69 Å². The topological polar surface area (TPSA) is 55.0 Å². The highest BCUT2D eigenvalue weighted by atomic mass is 35.5. The fraction of sp³-hybridized carbons (Fsp3) is 0.167. The van der Waals surface area contributed by atoms with Crippen molar-refractivity contribution in [1.29, 1.82) is 0 Å². The Bertz CT molecular complexity index is 608. The van der Waals surface area contributed by atoms with Gasteiger partial charge in [-0.3, -0.25) is 0 Å². The molecule has 1 N–H and O–H groups in total. The Morgan fingerprint density at radius 3 is 2.71 bits per heavy atom. The van der Waals surface area contributed by atoms with Gasteiger partial charge in [-0.05, 0) is 31.2 Å². The van der Waals surface area contributed by atoms with Crippen LogP contribution < -0.4 is 10.4 Å². The van der Waals surface area contributed by atoms with Crippen LogP contribution in [0.25, 0.3) is 11.3 Å². The molecule has 88 valence electrons. The summed E-state index contributed by atoms with van der Waals surface area (Å²) in [6.07, 6.45) is 0. The van der Waals surface area contributed by atoms with E-state index in [1.54, 1.807) is 32.2 Å². The molecule has 0 aliphatic rings. The number of hydrogen-bond acceptors (Lipinski definition) is 3. The van der Waals surface area contributed by atoms with E-state index in [-0.39, 0.29) is 5.69 Å². The maximum atomic E-state index is 11.3.